The Morgan fingerprint density at radius 2 is 0.869 bits per heavy atom. The molecule has 0 atom stereocenters. The lowest BCUT2D eigenvalue weighted by molar-refractivity contribution is 0.668. The van der Waals surface area contributed by atoms with E-state index in [0.717, 1.165) is 111 Å². The van der Waals surface area contributed by atoms with Crippen molar-refractivity contribution in [3.8, 4) is 45.0 Å². The summed E-state index contributed by atoms with van der Waals surface area (Å²) in [5.74, 6) is 0.652. The lowest BCUT2D eigenvalue weighted by atomic mass is 9.93. The van der Waals surface area contributed by atoms with E-state index in [0.29, 0.717) is 5.82 Å². The summed E-state index contributed by atoms with van der Waals surface area (Å²) in [5.41, 5.74) is 13.4. The number of nitrogens with zero attached hydrogens (tertiary/aromatic N) is 3. The third kappa shape index (κ3) is 5.94. The maximum absolute atomic E-state index is 6.78. The molecular formula is C56H35N3O2. The highest BCUT2D eigenvalue weighted by Gasteiger charge is 2.21. The molecule has 5 heteroatoms. The number of rotatable bonds is 7. The number of hydrogen-bond donors (Lipinski definition) is 0. The highest BCUT2D eigenvalue weighted by atomic mass is 16.3. The molecule has 0 aliphatic rings. The van der Waals surface area contributed by atoms with Gasteiger partial charge in [0.05, 0.1) is 11.4 Å². The molecule has 286 valence electrons. The van der Waals surface area contributed by atoms with E-state index in [9.17, 15) is 0 Å². The Morgan fingerprint density at radius 1 is 0.311 bits per heavy atom. The van der Waals surface area contributed by atoms with Crippen molar-refractivity contribution in [1.82, 2.24) is 9.97 Å². The van der Waals surface area contributed by atoms with Crippen molar-refractivity contribution in [2.45, 2.75) is 0 Å². The van der Waals surface area contributed by atoms with Crippen LogP contribution in [0.5, 0.6) is 0 Å². The van der Waals surface area contributed by atoms with Crippen LogP contribution in [0.15, 0.2) is 221 Å². The molecule has 0 aliphatic heterocycles. The summed E-state index contributed by atoms with van der Waals surface area (Å²) in [7, 11) is 0. The van der Waals surface area contributed by atoms with Crippen LogP contribution in [0.25, 0.3) is 99.7 Å². The number of furan rings is 2. The molecule has 0 bridgehead atoms. The summed E-state index contributed by atoms with van der Waals surface area (Å²) in [6, 6.07) is 73.6. The number of aromatic nitrogens is 2. The molecule has 0 saturated carbocycles. The molecule has 61 heavy (non-hydrogen) atoms. The maximum atomic E-state index is 6.78. The molecule has 0 spiro atoms. The molecule has 0 aliphatic carbocycles. The predicted molar refractivity (Wildman–Crippen MR) is 251 cm³/mol. The van der Waals surface area contributed by atoms with Crippen LogP contribution >= 0.6 is 0 Å². The summed E-state index contributed by atoms with van der Waals surface area (Å²) < 4.78 is 13.1. The Bertz CT molecular complexity index is 3520. The summed E-state index contributed by atoms with van der Waals surface area (Å²) in [6.07, 6.45) is 0. The summed E-state index contributed by atoms with van der Waals surface area (Å²) >= 11 is 0. The molecule has 5 nitrogen and oxygen atoms in total. The zero-order chi connectivity index (χ0) is 40.3. The van der Waals surface area contributed by atoms with Crippen molar-refractivity contribution in [3.63, 3.8) is 0 Å². The van der Waals surface area contributed by atoms with Crippen LogP contribution in [0, 0.1) is 0 Å². The molecule has 3 heterocycles. The van der Waals surface area contributed by atoms with Gasteiger partial charge in [-0.1, -0.05) is 146 Å². The van der Waals surface area contributed by atoms with Crippen molar-refractivity contribution in [2.24, 2.45) is 0 Å². The average Bonchev–Trinajstić information content (AvgIpc) is 3.91. The van der Waals surface area contributed by atoms with Gasteiger partial charge in [0.15, 0.2) is 5.82 Å². The third-order valence-corrected chi connectivity index (χ3v) is 11.7. The van der Waals surface area contributed by atoms with Gasteiger partial charge in [-0.05, 0) is 82.6 Å². The second kappa shape index (κ2) is 14.2. The number of benzene rings is 9. The normalized spacial score (nSPS) is 11.6. The minimum absolute atomic E-state index is 0.652. The van der Waals surface area contributed by atoms with Crippen LogP contribution in [0.2, 0.25) is 0 Å². The standard InChI is InChI=1S/C56H35N3O2/c1-4-15-37(16-5-1)48-35-49(38-17-6-2-7-18-38)58-56(57-48)46-24-14-26-51-55(46)54-45-23-11-10-21-42(45)47(34-53(54)61-51)36-27-29-40(30-28-36)59(39-19-8-3-9-20-39)41-31-32-44-43-22-12-13-25-50(43)60-52(44)33-41/h1-35H. The molecule has 0 amide bonds. The fourth-order valence-corrected chi connectivity index (χ4v) is 8.86. The number of fused-ring (bicyclic) bond motifs is 8. The summed E-state index contributed by atoms with van der Waals surface area (Å²) in [4.78, 5) is 12.7. The van der Waals surface area contributed by atoms with E-state index in [4.69, 9.17) is 18.8 Å². The monoisotopic (exact) mass is 781 g/mol. The van der Waals surface area contributed by atoms with E-state index >= 15 is 0 Å². The van der Waals surface area contributed by atoms with Crippen molar-refractivity contribution >= 4 is 71.7 Å². The number of para-hydroxylation sites is 2. The van der Waals surface area contributed by atoms with Crippen LogP contribution in [-0.4, -0.2) is 9.97 Å². The van der Waals surface area contributed by atoms with Gasteiger partial charge in [0.1, 0.15) is 22.3 Å². The molecule has 9 aromatic carbocycles. The SMILES string of the molecule is c1ccc(-c2cc(-c3ccccc3)nc(-c3cccc4oc5cc(-c6ccc(N(c7ccccc7)c7ccc8c(c7)oc7ccccc78)cc6)c6ccccc6c5c34)n2)cc1. The van der Waals surface area contributed by atoms with Crippen LogP contribution in [-0.2, 0) is 0 Å². The van der Waals surface area contributed by atoms with Crippen molar-refractivity contribution in [3.05, 3.63) is 212 Å². The van der Waals surface area contributed by atoms with Crippen molar-refractivity contribution in [1.29, 1.82) is 0 Å². The molecule has 3 aromatic heterocycles. The van der Waals surface area contributed by atoms with Gasteiger partial charge in [-0.2, -0.15) is 0 Å². The van der Waals surface area contributed by atoms with Crippen LogP contribution in [0.1, 0.15) is 0 Å². The van der Waals surface area contributed by atoms with Crippen molar-refractivity contribution < 1.29 is 8.83 Å². The Labute approximate surface area is 351 Å². The largest absolute Gasteiger partial charge is 0.456 e. The van der Waals surface area contributed by atoms with Crippen molar-refractivity contribution in [2.75, 3.05) is 4.90 Å². The lowest BCUT2D eigenvalue weighted by Gasteiger charge is -2.25. The smallest absolute Gasteiger partial charge is 0.161 e. The zero-order valence-corrected chi connectivity index (χ0v) is 32.9. The van der Waals surface area contributed by atoms with Crippen LogP contribution < -0.4 is 4.90 Å². The first-order chi connectivity index (χ1) is 30.2. The van der Waals surface area contributed by atoms with E-state index < -0.39 is 0 Å². The minimum Gasteiger partial charge on any atom is -0.456 e. The zero-order valence-electron chi connectivity index (χ0n) is 32.9. The Balaban J connectivity index is 0.995. The highest BCUT2D eigenvalue weighted by Crippen LogP contribution is 2.45. The van der Waals surface area contributed by atoms with Gasteiger partial charge >= 0.3 is 0 Å². The summed E-state index contributed by atoms with van der Waals surface area (Å²) in [6.45, 7) is 0. The van der Waals surface area contributed by atoms with E-state index in [1.807, 2.05) is 66.7 Å². The minimum atomic E-state index is 0.652. The number of hydrogen-bond acceptors (Lipinski definition) is 5. The second-order valence-corrected chi connectivity index (χ2v) is 15.3. The number of anilines is 3. The van der Waals surface area contributed by atoms with Gasteiger partial charge < -0.3 is 13.7 Å². The molecule has 0 N–H and O–H groups in total. The molecule has 0 radical (unpaired) electrons. The fourth-order valence-electron chi connectivity index (χ4n) is 8.86. The fraction of sp³-hybridized carbons (Fsp3) is 0. The molecule has 0 saturated heterocycles. The Hall–Kier alpha value is -8.28. The molecule has 12 rings (SSSR count). The van der Waals surface area contributed by atoms with Gasteiger partial charge in [0, 0.05) is 61.4 Å². The second-order valence-electron chi connectivity index (χ2n) is 15.3. The maximum Gasteiger partial charge on any atom is 0.161 e. The first-order valence-electron chi connectivity index (χ1n) is 20.5. The topological polar surface area (TPSA) is 55.3 Å². The first-order valence-corrected chi connectivity index (χ1v) is 20.5. The van der Waals surface area contributed by atoms with E-state index in [1.54, 1.807) is 0 Å². The van der Waals surface area contributed by atoms with E-state index in [2.05, 4.69) is 150 Å². The Morgan fingerprint density at radius 3 is 1.59 bits per heavy atom. The molecule has 0 unspecified atom stereocenters. The predicted octanol–water partition coefficient (Wildman–Crippen LogP) is 15.6. The Kier molecular flexibility index (Phi) is 8.10. The van der Waals surface area contributed by atoms with E-state index in [1.165, 1.54) is 0 Å². The van der Waals surface area contributed by atoms with E-state index in [-0.39, 0.29) is 0 Å². The lowest BCUT2D eigenvalue weighted by Crippen LogP contribution is -2.09. The van der Waals surface area contributed by atoms with Gasteiger partial charge in [-0.15, -0.1) is 0 Å². The molecule has 0 fully saturated rings. The summed E-state index contributed by atoms with van der Waals surface area (Å²) in [5, 5.41) is 6.52. The first kappa shape index (κ1) is 34.7. The van der Waals surface area contributed by atoms with Gasteiger partial charge in [-0.25, -0.2) is 9.97 Å². The van der Waals surface area contributed by atoms with Crippen LogP contribution in [0.4, 0.5) is 17.1 Å². The quantitative estimate of drug-likeness (QED) is 0.161. The molecular weight excluding hydrogens is 747 g/mol. The van der Waals surface area contributed by atoms with Gasteiger partial charge in [0.25, 0.3) is 0 Å². The highest BCUT2D eigenvalue weighted by molar-refractivity contribution is 6.25. The average molecular weight is 782 g/mol. The van der Waals surface area contributed by atoms with Gasteiger partial charge in [0.2, 0.25) is 0 Å². The molecule has 12 aromatic rings. The van der Waals surface area contributed by atoms with Crippen LogP contribution in [0.3, 0.4) is 0 Å². The third-order valence-electron chi connectivity index (χ3n) is 11.7. The van der Waals surface area contributed by atoms with Gasteiger partial charge in [-0.3, -0.25) is 0 Å².